The fourth-order valence-electron chi connectivity index (χ4n) is 0.627. The normalized spacial score (nSPS) is 9.40. The molecule has 52 valence electrons. The summed E-state index contributed by atoms with van der Waals surface area (Å²) in [6.45, 7) is 7.58. The summed E-state index contributed by atoms with van der Waals surface area (Å²) in [6, 6.07) is 3.85. The van der Waals surface area contributed by atoms with Crippen LogP contribution < -0.4 is 0 Å². The Morgan fingerprint density at radius 1 is 1.40 bits per heavy atom. The van der Waals surface area contributed by atoms with Crippen molar-refractivity contribution in [2.45, 2.75) is 13.8 Å². The van der Waals surface area contributed by atoms with E-state index < -0.39 is 0 Å². The van der Waals surface area contributed by atoms with Gasteiger partial charge in [0.25, 0.3) is 0 Å². The Morgan fingerprint density at radius 2 is 2.10 bits per heavy atom. The van der Waals surface area contributed by atoms with E-state index in [1.807, 2.05) is 26.0 Å². The third-order valence-electron chi connectivity index (χ3n) is 1.24. The SMILES string of the molecule is C=C(C)c1ccc(C)nn1. The molecule has 0 aromatic carbocycles. The van der Waals surface area contributed by atoms with E-state index >= 15 is 0 Å². The van der Waals surface area contributed by atoms with Crippen molar-refractivity contribution < 1.29 is 0 Å². The quantitative estimate of drug-likeness (QED) is 0.585. The predicted molar refractivity (Wildman–Crippen MR) is 41.5 cm³/mol. The van der Waals surface area contributed by atoms with Crippen molar-refractivity contribution in [3.63, 3.8) is 0 Å². The lowest BCUT2D eigenvalue weighted by Crippen LogP contribution is -1.90. The first kappa shape index (κ1) is 6.93. The van der Waals surface area contributed by atoms with Crippen molar-refractivity contribution in [2.75, 3.05) is 0 Å². The van der Waals surface area contributed by atoms with Gasteiger partial charge in [0, 0.05) is 0 Å². The largest absolute Gasteiger partial charge is 0.155 e. The van der Waals surface area contributed by atoms with Crippen LogP contribution in [0.15, 0.2) is 18.7 Å². The molecular weight excluding hydrogens is 124 g/mol. The fourth-order valence-corrected chi connectivity index (χ4v) is 0.627. The highest BCUT2D eigenvalue weighted by molar-refractivity contribution is 5.56. The van der Waals surface area contributed by atoms with Crippen molar-refractivity contribution in [1.29, 1.82) is 0 Å². The van der Waals surface area contributed by atoms with Crippen molar-refractivity contribution in [2.24, 2.45) is 0 Å². The molecule has 0 N–H and O–H groups in total. The predicted octanol–water partition coefficient (Wildman–Crippen LogP) is 1.82. The van der Waals surface area contributed by atoms with Gasteiger partial charge >= 0.3 is 0 Å². The Hall–Kier alpha value is -1.18. The molecule has 1 aromatic heterocycles. The maximum atomic E-state index is 3.93. The lowest BCUT2D eigenvalue weighted by Gasteiger charge is -1.95. The molecule has 0 aliphatic rings. The van der Waals surface area contributed by atoms with Gasteiger partial charge in [-0.3, -0.25) is 0 Å². The van der Waals surface area contributed by atoms with Gasteiger partial charge in [-0.05, 0) is 31.6 Å². The number of rotatable bonds is 1. The maximum Gasteiger partial charge on any atom is 0.0880 e. The van der Waals surface area contributed by atoms with E-state index in [1.54, 1.807) is 0 Å². The molecule has 0 atom stereocenters. The van der Waals surface area contributed by atoms with Gasteiger partial charge in [-0.15, -0.1) is 0 Å². The second-order valence-electron chi connectivity index (χ2n) is 2.34. The first-order valence-corrected chi connectivity index (χ1v) is 3.16. The van der Waals surface area contributed by atoms with E-state index in [0.29, 0.717) is 0 Å². The first-order valence-electron chi connectivity index (χ1n) is 3.16. The molecular formula is C8H10N2. The van der Waals surface area contributed by atoms with Crippen molar-refractivity contribution in [3.8, 4) is 0 Å². The molecule has 1 aromatic rings. The van der Waals surface area contributed by atoms with E-state index in [0.717, 1.165) is 17.0 Å². The van der Waals surface area contributed by atoms with Crippen molar-refractivity contribution in [1.82, 2.24) is 10.2 Å². The van der Waals surface area contributed by atoms with Crippen molar-refractivity contribution >= 4 is 5.57 Å². The third kappa shape index (κ3) is 1.41. The second-order valence-corrected chi connectivity index (χ2v) is 2.34. The summed E-state index contributed by atoms with van der Waals surface area (Å²) in [6.07, 6.45) is 0. The Labute approximate surface area is 60.6 Å². The van der Waals surface area contributed by atoms with Crippen LogP contribution in [0, 0.1) is 6.92 Å². The second kappa shape index (κ2) is 2.60. The Morgan fingerprint density at radius 3 is 2.50 bits per heavy atom. The molecule has 0 radical (unpaired) electrons. The molecule has 10 heavy (non-hydrogen) atoms. The zero-order valence-corrected chi connectivity index (χ0v) is 6.26. The zero-order valence-electron chi connectivity index (χ0n) is 6.26. The molecule has 2 heteroatoms. The van der Waals surface area contributed by atoms with Gasteiger partial charge in [0.15, 0.2) is 0 Å². The molecule has 0 aliphatic carbocycles. The molecule has 0 saturated heterocycles. The fraction of sp³-hybridized carbons (Fsp3) is 0.250. The summed E-state index contributed by atoms with van der Waals surface area (Å²) in [5.41, 5.74) is 2.75. The van der Waals surface area contributed by atoms with E-state index in [2.05, 4.69) is 16.8 Å². The lowest BCUT2D eigenvalue weighted by atomic mass is 10.2. The number of allylic oxidation sites excluding steroid dienone is 1. The molecule has 1 heterocycles. The molecule has 0 saturated carbocycles. The first-order chi connectivity index (χ1) is 4.70. The monoisotopic (exact) mass is 134 g/mol. The standard InChI is InChI=1S/C8H10N2/c1-6(2)8-5-4-7(3)9-10-8/h4-5H,1H2,2-3H3. The molecule has 0 aliphatic heterocycles. The lowest BCUT2D eigenvalue weighted by molar-refractivity contribution is 0.964. The highest BCUT2D eigenvalue weighted by Gasteiger charge is 1.92. The molecule has 0 fully saturated rings. The van der Waals surface area contributed by atoms with E-state index in [1.165, 1.54) is 0 Å². The third-order valence-corrected chi connectivity index (χ3v) is 1.24. The summed E-state index contributed by atoms with van der Waals surface area (Å²) >= 11 is 0. The Kier molecular flexibility index (Phi) is 1.81. The molecule has 0 amide bonds. The number of hydrogen-bond acceptors (Lipinski definition) is 2. The molecule has 0 bridgehead atoms. The summed E-state index contributed by atoms with van der Waals surface area (Å²) in [5.74, 6) is 0. The van der Waals surface area contributed by atoms with Gasteiger partial charge in [-0.25, -0.2) is 0 Å². The minimum Gasteiger partial charge on any atom is -0.155 e. The minimum atomic E-state index is 0.866. The molecule has 0 unspecified atom stereocenters. The number of aromatic nitrogens is 2. The van der Waals surface area contributed by atoms with E-state index in [4.69, 9.17) is 0 Å². The summed E-state index contributed by atoms with van der Waals surface area (Å²) < 4.78 is 0. The van der Waals surface area contributed by atoms with Crippen LogP contribution in [0.5, 0.6) is 0 Å². The van der Waals surface area contributed by atoms with Gasteiger partial charge in [0.1, 0.15) is 0 Å². The number of hydrogen-bond donors (Lipinski definition) is 0. The zero-order chi connectivity index (χ0) is 7.56. The highest BCUT2D eigenvalue weighted by Crippen LogP contribution is 2.05. The summed E-state index contributed by atoms with van der Waals surface area (Å²) in [4.78, 5) is 0. The van der Waals surface area contributed by atoms with Crippen LogP contribution in [0.4, 0.5) is 0 Å². The van der Waals surface area contributed by atoms with Gasteiger partial charge < -0.3 is 0 Å². The van der Waals surface area contributed by atoms with E-state index in [9.17, 15) is 0 Å². The molecule has 0 spiro atoms. The molecule has 1 rings (SSSR count). The summed E-state index contributed by atoms with van der Waals surface area (Å²) in [5, 5.41) is 7.82. The Bertz CT molecular complexity index is 236. The van der Waals surface area contributed by atoms with Crippen molar-refractivity contribution in [3.05, 3.63) is 30.1 Å². The highest BCUT2D eigenvalue weighted by atomic mass is 15.1. The Balaban J connectivity index is 3.00. The van der Waals surface area contributed by atoms with Crippen LogP contribution in [0.25, 0.3) is 5.57 Å². The van der Waals surface area contributed by atoms with Crippen LogP contribution in [0.1, 0.15) is 18.3 Å². The average molecular weight is 134 g/mol. The van der Waals surface area contributed by atoms with Crippen LogP contribution in [0.2, 0.25) is 0 Å². The van der Waals surface area contributed by atoms with Gasteiger partial charge in [-0.2, -0.15) is 10.2 Å². The van der Waals surface area contributed by atoms with Crippen LogP contribution in [-0.4, -0.2) is 10.2 Å². The van der Waals surface area contributed by atoms with Crippen LogP contribution in [-0.2, 0) is 0 Å². The number of nitrogens with zero attached hydrogens (tertiary/aromatic N) is 2. The molecule has 2 nitrogen and oxygen atoms in total. The van der Waals surface area contributed by atoms with Gasteiger partial charge in [0.2, 0.25) is 0 Å². The van der Waals surface area contributed by atoms with Crippen LogP contribution >= 0.6 is 0 Å². The average Bonchev–Trinajstić information content (AvgIpc) is 1.88. The van der Waals surface area contributed by atoms with Crippen LogP contribution in [0.3, 0.4) is 0 Å². The topological polar surface area (TPSA) is 25.8 Å². The summed E-state index contributed by atoms with van der Waals surface area (Å²) in [7, 11) is 0. The van der Waals surface area contributed by atoms with Gasteiger partial charge in [0.05, 0.1) is 11.4 Å². The smallest absolute Gasteiger partial charge is 0.0880 e. The maximum absolute atomic E-state index is 3.93. The van der Waals surface area contributed by atoms with Gasteiger partial charge in [-0.1, -0.05) is 6.58 Å². The minimum absolute atomic E-state index is 0.866. The van der Waals surface area contributed by atoms with E-state index in [-0.39, 0.29) is 0 Å². The number of aryl methyl sites for hydroxylation is 1.